The Morgan fingerprint density at radius 1 is 1.00 bits per heavy atom. The van der Waals surface area contributed by atoms with Gasteiger partial charge < -0.3 is 4.90 Å². The summed E-state index contributed by atoms with van der Waals surface area (Å²) >= 11 is 0. The molecule has 2 aliphatic rings. The standard InChI is InChI=1S/C21H32N2O/c1-17-15-22(21(24)20-11-7-4-8-12-20)16-18(2)23(17)14-13-19-9-5-3-6-10-19/h3,5-6,9-10,17-18,20H,4,7-8,11-16H2,1-2H3. The van der Waals surface area contributed by atoms with Crippen LogP contribution in [-0.2, 0) is 11.2 Å². The maximum absolute atomic E-state index is 12.8. The van der Waals surface area contributed by atoms with Crippen LogP contribution < -0.4 is 0 Å². The number of benzene rings is 1. The van der Waals surface area contributed by atoms with Gasteiger partial charge in [-0.25, -0.2) is 0 Å². The lowest BCUT2D eigenvalue weighted by Crippen LogP contribution is -2.59. The zero-order chi connectivity index (χ0) is 16.9. The molecule has 132 valence electrons. The lowest BCUT2D eigenvalue weighted by atomic mass is 9.87. The first-order valence-electron chi connectivity index (χ1n) is 9.73. The summed E-state index contributed by atoms with van der Waals surface area (Å²) in [5, 5.41) is 0. The van der Waals surface area contributed by atoms with E-state index in [1.807, 2.05) is 0 Å². The second kappa shape index (κ2) is 8.15. The van der Waals surface area contributed by atoms with E-state index < -0.39 is 0 Å². The molecular weight excluding hydrogens is 296 g/mol. The lowest BCUT2D eigenvalue weighted by molar-refractivity contribution is -0.141. The largest absolute Gasteiger partial charge is 0.339 e. The van der Waals surface area contributed by atoms with Gasteiger partial charge in [-0.2, -0.15) is 0 Å². The molecule has 1 aromatic rings. The third-order valence-corrected chi connectivity index (χ3v) is 5.87. The number of amides is 1. The first-order valence-corrected chi connectivity index (χ1v) is 9.73. The van der Waals surface area contributed by atoms with Gasteiger partial charge in [0.05, 0.1) is 0 Å². The molecule has 24 heavy (non-hydrogen) atoms. The van der Waals surface area contributed by atoms with Gasteiger partial charge in [0.25, 0.3) is 0 Å². The number of hydrogen-bond donors (Lipinski definition) is 0. The van der Waals surface area contributed by atoms with Crippen LogP contribution in [0.4, 0.5) is 0 Å². The monoisotopic (exact) mass is 328 g/mol. The molecule has 3 rings (SSSR count). The van der Waals surface area contributed by atoms with E-state index in [1.54, 1.807) is 0 Å². The van der Waals surface area contributed by atoms with Crippen molar-refractivity contribution in [1.82, 2.24) is 9.80 Å². The van der Waals surface area contributed by atoms with Gasteiger partial charge in [-0.15, -0.1) is 0 Å². The third kappa shape index (κ3) is 4.18. The smallest absolute Gasteiger partial charge is 0.225 e. The van der Waals surface area contributed by atoms with Crippen molar-refractivity contribution in [1.29, 1.82) is 0 Å². The molecule has 3 nitrogen and oxygen atoms in total. The van der Waals surface area contributed by atoms with Gasteiger partial charge in [0, 0.05) is 37.6 Å². The average molecular weight is 328 g/mol. The van der Waals surface area contributed by atoms with Crippen LogP contribution in [0.5, 0.6) is 0 Å². The molecule has 2 fully saturated rings. The molecule has 1 aliphatic heterocycles. The summed E-state index contributed by atoms with van der Waals surface area (Å²) in [6.07, 6.45) is 7.08. The minimum absolute atomic E-state index is 0.300. The van der Waals surface area contributed by atoms with E-state index in [0.29, 0.717) is 23.9 Å². The van der Waals surface area contributed by atoms with Crippen molar-refractivity contribution < 1.29 is 4.79 Å². The third-order valence-electron chi connectivity index (χ3n) is 5.87. The minimum atomic E-state index is 0.300. The number of piperazine rings is 1. The van der Waals surface area contributed by atoms with Crippen molar-refractivity contribution in [2.75, 3.05) is 19.6 Å². The topological polar surface area (TPSA) is 23.6 Å². The van der Waals surface area contributed by atoms with E-state index in [2.05, 4.69) is 54.0 Å². The van der Waals surface area contributed by atoms with Crippen molar-refractivity contribution in [3.8, 4) is 0 Å². The van der Waals surface area contributed by atoms with E-state index in [4.69, 9.17) is 0 Å². The van der Waals surface area contributed by atoms with Gasteiger partial charge in [0.1, 0.15) is 0 Å². The molecule has 0 radical (unpaired) electrons. The minimum Gasteiger partial charge on any atom is -0.339 e. The van der Waals surface area contributed by atoms with Crippen LogP contribution in [-0.4, -0.2) is 47.4 Å². The van der Waals surface area contributed by atoms with Gasteiger partial charge in [-0.05, 0) is 38.7 Å². The van der Waals surface area contributed by atoms with Crippen molar-refractivity contribution in [3.63, 3.8) is 0 Å². The highest BCUT2D eigenvalue weighted by atomic mass is 16.2. The maximum atomic E-state index is 12.8. The van der Waals surface area contributed by atoms with Gasteiger partial charge >= 0.3 is 0 Å². The fourth-order valence-corrected chi connectivity index (χ4v) is 4.49. The Labute approximate surface area is 147 Å². The van der Waals surface area contributed by atoms with E-state index in [1.165, 1.54) is 24.8 Å². The molecule has 1 aromatic carbocycles. The normalized spacial score (nSPS) is 26.5. The van der Waals surface area contributed by atoms with E-state index in [9.17, 15) is 4.79 Å². The molecule has 1 saturated carbocycles. The van der Waals surface area contributed by atoms with Crippen LogP contribution >= 0.6 is 0 Å². The summed E-state index contributed by atoms with van der Waals surface area (Å²) < 4.78 is 0. The lowest BCUT2D eigenvalue weighted by Gasteiger charge is -2.45. The zero-order valence-electron chi connectivity index (χ0n) is 15.3. The highest BCUT2D eigenvalue weighted by molar-refractivity contribution is 5.79. The Bertz CT molecular complexity index is 512. The molecule has 1 amide bonds. The average Bonchev–Trinajstić information content (AvgIpc) is 2.62. The molecule has 1 heterocycles. The quantitative estimate of drug-likeness (QED) is 0.841. The molecule has 3 heteroatoms. The Kier molecular flexibility index (Phi) is 5.94. The van der Waals surface area contributed by atoms with Crippen molar-refractivity contribution in [3.05, 3.63) is 35.9 Å². The molecule has 0 spiro atoms. The molecule has 0 aromatic heterocycles. The summed E-state index contributed by atoms with van der Waals surface area (Å²) in [7, 11) is 0. The first-order chi connectivity index (χ1) is 11.6. The molecule has 0 N–H and O–H groups in total. The molecule has 1 saturated heterocycles. The van der Waals surface area contributed by atoms with E-state index >= 15 is 0 Å². The van der Waals surface area contributed by atoms with E-state index in [0.717, 1.165) is 38.9 Å². The number of carbonyl (C=O) groups is 1. The Morgan fingerprint density at radius 3 is 2.25 bits per heavy atom. The Hall–Kier alpha value is -1.35. The summed E-state index contributed by atoms with van der Waals surface area (Å²) in [5.74, 6) is 0.727. The summed E-state index contributed by atoms with van der Waals surface area (Å²) in [4.78, 5) is 17.6. The van der Waals surface area contributed by atoms with Crippen LogP contribution in [0.2, 0.25) is 0 Å². The summed E-state index contributed by atoms with van der Waals surface area (Å²) in [5.41, 5.74) is 1.40. The van der Waals surface area contributed by atoms with Gasteiger partial charge in [0.15, 0.2) is 0 Å². The van der Waals surface area contributed by atoms with Gasteiger partial charge in [-0.3, -0.25) is 9.69 Å². The van der Waals surface area contributed by atoms with Crippen LogP contribution in [0.15, 0.2) is 30.3 Å². The fraction of sp³-hybridized carbons (Fsp3) is 0.667. The number of rotatable bonds is 4. The summed E-state index contributed by atoms with van der Waals surface area (Å²) in [6, 6.07) is 11.6. The second-order valence-corrected chi connectivity index (χ2v) is 7.75. The highest BCUT2D eigenvalue weighted by Gasteiger charge is 2.34. The molecular formula is C21H32N2O. The molecule has 1 aliphatic carbocycles. The molecule has 2 atom stereocenters. The van der Waals surface area contributed by atoms with Crippen molar-refractivity contribution >= 4 is 5.91 Å². The molecule has 0 bridgehead atoms. The predicted molar refractivity (Wildman–Crippen MR) is 98.9 cm³/mol. The van der Waals surface area contributed by atoms with Crippen LogP contribution in [0, 0.1) is 5.92 Å². The number of carbonyl (C=O) groups excluding carboxylic acids is 1. The van der Waals surface area contributed by atoms with Crippen molar-refractivity contribution in [2.24, 2.45) is 5.92 Å². The fourth-order valence-electron chi connectivity index (χ4n) is 4.49. The Balaban J connectivity index is 1.54. The van der Waals surface area contributed by atoms with E-state index in [-0.39, 0.29) is 0 Å². The van der Waals surface area contributed by atoms with Crippen LogP contribution in [0.1, 0.15) is 51.5 Å². The SMILES string of the molecule is CC1CN(C(=O)C2CCCCC2)CC(C)N1CCc1ccccc1. The number of hydrogen-bond acceptors (Lipinski definition) is 2. The van der Waals surface area contributed by atoms with Crippen molar-refractivity contribution in [2.45, 2.75) is 64.5 Å². The van der Waals surface area contributed by atoms with Crippen LogP contribution in [0.25, 0.3) is 0 Å². The zero-order valence-corrected chi connectivity index (χ0v) is 15.3. The predicted octanol–water partition coefficient (Wildman–Crippen LogP) is 3.73. The van der Waals surface area contributed by atoms with Crippen LogP contribution in [0.3, 0.4) is 0 Å². The second-order valence-electron chi connectivity index (χ2n) is 7.75. The summed E-state index contributed by atoms with van der Waals surface area (Å²) in [6.45, 7) is 7.43. The Morgan fingerprint density at radius 2 is 1.62 bits per heavy atom. The number of nitrogens with zero attached hydrogens (tertiary/aromatic N) is 2. The molecule has 2 unspecified atom stereocenters. The maximum Gasteiger partial charge on any atom is 0.225 e. The van der Waals surface area contributed by atoms with Gasteiger partial charge in [-0.1, -0.05) is 49.6 Å². The highest BCUT2D eigenvalue weighted by Crippen LogP contribution is 2.27. The van der Waals surface area contributed by atoms with Gasteiger partial charge in [0.2, 0.25) is 5.91 Å². The first kappa shape index (κ1) is 17.5.